The van der Waals surface area contributed by atoms with Gasteiger partial charge in [0.15, 0.2) is 9.92 Å². The average Bonchev–Trinajstić information content (AvgIpc) is 3.21. The van der Waals surface area contributed by atoms with Crippen molar-refractivity contribution in [2.75, 3.05) is 10.7 Å². The number of hydrogen-bond donors (Lipinski definition) is 0. The SMILES string of the molecule is CC(=O)N(c1nnc(SCCn2c(=O)oc3ccccc32)s1)C1CC1. The van der Waals surface area contributed by atoms with Gasteiger partial charge in [-0.15, -0.1) is 10.2 Å². The van der Waals surface area contributed by atoms with Crippen LogP contribution in [0.1, 0.15) is 19.8 Å². The number of thioether (sulfide) groups is 1. The van der Waals surface area contributed by atoms with Crippen molar-refractivity contribution in [2.24, 2.45) is 0 Å². The molecule has 1 fully saturated rings. The molecule has 0 unspecified atom stereocenters. The van der Waals surface area contributed by atoms with Crippen LogP contribution in [-0.4, -0.2) is 32.5 Å². The van der Waals surface area contributed by atoms with Crippen LogP contribution in [0.15, 0.2) is 37.8 Å². The monoisotopic (exact) mass is 376 g/mol. The fraction of sp³-hybridized carbons (Fsp3) is 0.375. The first-order valence-corrected chi connectivity index (χ1v) is 9.78. The molecule has 9 heteroatoms. The molecule has 0 bridgehead atoms. The van der Waals surface area contributed by atoms with Gasteiger partial charge in [-0.2, -0.15) is 0 Å². The van der Waals surface area contributed by atoms with E-state index in [-0.39, 0.29) is 17.7 Å². The van der Waals surface area contributed by atoms with Crippen molar-refractivity contribution < 1.29 is 9.21 Å². The molecule has 0 N–H and O–H groups in total. The number of anilines is 1. The van der Waals surface area contributed by atoms with Gasteiger partial charge in [0.2, 0.25) is 11.0 Å². The number of rotatable bonds is 6. The zero-order valence-electron chi connectivity index (χ0n) is 13.5. The summed E-state index contributed by atoms with van der Waals surface area (Å²) < 4.78 is 7.64. The van der Waals surface area contributed by atoms with Crippen molar-refractivity contribution in [1.29, 1.82) is 0 Å². The van der Waals surface area contributed by atoms with Gasteiger partial charge in [-0.25, -0.2) is 4.79 Å². The smallest absolute Gasteiger partial charge is 0.408 e. The molecule has 1 aliphatic carbocycles. The molecule has 0 spiro atoms. The molecule has 0 aliphatic heterocycles. The third kappa shape index (κ3) is 3.34. The molecular formula is C16H16N4O3S2. The Morgan fingerprint density at radius 2 is 2.20 bits per heavy atom. The standard InChI is InChI=1S/C16H16N4O3S2/c1-10(21)20(11-6-7-11)14-17-18-15(25-14)24-9-8-19-12-4-2-3-5-13(12)23-16(19)22/h2-5,11H,6-9H2,1H3. The molecule has 0 radical (unpaired) electrons. The molecule has 0 atom stereocenters. The summed E-state index contributed by atoms with van der Waals surface area (Å²) in [5, 5.41) is 8.96. The van der Waals surface area contributed by atoms with Gasteiger partial charge in [0.05, 0.1) is 5.52 Å². The molecule has 4 rings (SSSR count). The lowest BCUT2D eigenvalue weighted by atomic mass is 10.3. The summed E-state index contributed by atoms with van der Waals surface area (Å²) in [5.41, 5.74) is 1.39. The van der Waals surface area contributed by atoms with Gasteiger partial charge in [0, 0.05) is 25.3 Å². The van der Waals surface area contributed by atoms with E-state index in [1.54, 1.807) is 22.5 Å². The molecule has 1 amide bonds. The number of hydrogen-bond acceptors (Lipinski definition) is 7. The molecule has 2 heterocycles. The van der Waals surface area contributed by atoms with Crippen molar-refractivity contribution in [3.63, 3.8) is 0 Å². The molecule has 3 aromatic rings. The van der Waals surface area contributed by atoms with Gasteiger partial charge in [0.1, 0.15) is 0 Å². The molecular weight excluding hydrogens is 360 g/mol. The van der Waals surface area contributed by atoms with E-state index in [2.05, 4.69) is 10.2 Å². The van der Waals surface area contributed by atoms with Gasteiger partial charge < -0.3 is 4.42 Å². The van der Waals surface area contributed by atoms with Gasteiger partial charge >= 0.3 is 5.76 Å². The van der Waals surface area contributed by atoms with E-state index >= 15 is 0 Å². The van der Waals surface area contributed by atoms with Crippen LogP contribution in [0.2, 0.25) is 0 Å². The van der Waals surface area contributed by atoms with Gasteiger partial charge in [-0.05, 0) is 25.0 Å². The molecule has 7 nitrogen and oxygen atoms in total. The number of fused-ring (bicyclic) bond motifs is 1. The minimum Gasteiger partial charge on any atom is -0.408 e. The van der Waals surface area contributed by atoms with Crippen LogP contribution < -0.4 is 10.7 Å². The van der Waals surface area contributed by atoms with E-state index < -0.39 is 0 Å². The quantitative estimate of drug-likeness (QED) is 0.486. The second-order valence-corrected chi connectivity index (χ2v) is 8.10. The second kappa shape index (κ2) is 6.64. The normalized spacial score (nSPS) is 14.1. The Kier molecular flexibility index (Phi) is 4.34. The molecule has 1 saturated carbocycles. The number of nitrogens with zero attached hydrogens (tertiary/aromatic N) is 4. The highest BCUT2D eigenvalue weighted by atomic mass is 32.2. The average molecular weight is 376 g/mol. The van der Waals surface area contributed by atoms with E-state index in [1.165, 1.54) is 23.1 Å². The summed E-state index contributed by atoms with van der Waals surface area (Å²) in [5.74, 6) is 0.324. The van der Waals surface area contributed by atoms with Crippen LogP contribution in [-0.2, 0) is 11.3 Å². The van der Waals surface area contributed by atoms with Crippen LogP contribution >= 0.6 is 23.1 Å². The number of carbonyl (C=O) groups excluding carboxylic acids is 1. The maximum Gasteiger partial charge on any atom is 0.419 e. The number of para-hydroxylation sites is 2. The Balaban J connectivity index is 1.43. The fourth-order valence-electron chi connectivity index (χ4n) is 2.69. The van der Waals surface area contributed by atoms with Crippen molar-refractivity contribution in [3.05, 3.63) is 34.8 Å². The lowest BCUT2D eigenvalue weighted by molar-refractivity contribution is -0.116. The Morgan fingerprint density at radius 3 is 2.96 bits per heavy atom. The molecule has 1 aliphatic rings. The summed E-state index contributed by atoms with van der Waals surface area (Å²) >= 11 is 2.94. The van der Waals surface area contributed by atoms with Gasteiger partial charge in [-0.1, -0.05) is 35.2 Å². The van der Waals surface area contributed by atoms with Crippen LogP contribution in [0.3, 0.4) is 0 Å². The van der Waals surface area contributed by atoms with Crippen molar-refractivity contribution >= 4 is 45.2 Å². The zero-order chi connectivity index (χ0) is 17.4. The highest BCUT2D eigenvalue weighted by molar-refractivity contribution is 8.01. The van der Waals surface area contributed by atoms with E-state index in [0.717, 1.165) is 22.7 Å². The minimum absolute atomic E-state index is 0.00613. The maximum absolute atomic E-state index is 11.9. The predicted molar refractivity (Wildman–Crippen MR) is 97.3 cm³/mol. The maximum atomic E-state index is 11.9. The highest BCUT2D eigenvalue weighted by Gasteiger charge is 2.34. The fourth-order valence-corrected chi connectivity index (χ4v) is 4.64. The Hall–Kier alpha value is -2.13. The first kappa shape index (κ1) is 16.3. The summed E-state index contributed by atoms with van der Waals surface area (Å²) in [6, 6.07) is 7.65. The highest BCUT2D eigenvalue weighted by Crippen LogP contribution is 2.35. The molecule has 0 saturated heterocycles. The zero-order valence-corrected chi connectivity index (χ0v) is 15.2. The van der Waals surface area contributed by atoms with Gasteiger partial charge in [0.25, 0.3) is 0 Å². The second-order valence-electron chi connectivity index (χ2n) is 5.81. The first-order chi connectivity index (χ1) is 12.1. The number of carbonyl (C=O) groups is 1. The van der Waals surface area contributed by atoms with Crippen molar-refractivity contribution in [2.45, 2.75) is 36.7 Å². The number of aryl methyl sites for hydroxylation is 1. The Morgan fingerprint density at radius 1 is 1.40 bits per heavy atom. The molecule has 25 heavy (non-hydrogen) atoms. The predicted octanol–water partition coefficient (Wildman–Crippen LogP) is 2.75. The lowest BCUT2D eigenvalue weighted by Gasteiger charge is -2.15. The first-order valence-electron chi connectivity index (χ1n) is 7.98. The molecule has 1 aromatic carbocycles. The van der Waals surface area contributed by atoms with Crippen molar-refractivity contribution in [3.8, 4) is 0 Å². The van der Waals surface area contributed by atoms with Gasteiger partial charge in [-0.3, -0.25) is 14.3 Å². The van der Waals surface area contributed by atoms with E-state index in [0.29, 0.717) is 23.0 Å². The van der Waals surface area contributed by atoms with Crippen LogP contribution in [0.5, 0.6) is 0 Å². The Bertz CT molecular complexity index is 973. The van der Waals surface area contributed by atoms with Crippen molar-refractivity contribution in [1.82, 2.24) is 14.8 Å². The minimum atomic E-state index is -0.351. The van der Waals surface area contributed by atoms with E-state index in [4.69, 9.17) is 4.42 Å². The summed E-state index contributed by atoms with van der Waals surface area (Å²) in [6.07, 6.45) is 2.05. The third-order valence-electron chi connectivity index (χ3n) is 3.97. The number of aromatic nitrogens is 3. The van der Waals surface area contributed by atoms with E-state index in [1.807, 2.05) is 18.2 Å². The lowest BCUT2D eigenvalue weighted by Crippen LogP contribution is -2.30. The number of oxazole rings is 1. The summed E-state index contributed by atoms with van der Waals surface area (Å²) in [6.45, 7) is 2.08. The van der Waals surface area contributed by atoms with Crippen LogP contribution in [0.4, 0.5) is 5.13 Å². The number of amides is 1. The summed E-state index contributed by atoms with van der Waals surface area (Å²) in [7, 11) is 0. The topological polar surface area (TPSA) is 81.2 Å². The summed E-state index contributed by atoms with van der Waals surface area (Å²) in [4.78, 5) is 25.5. The van der Waals surface area contributed by atoms with Crippen LogP contribution in [0, 0.1) is 0 Å². The third-order valence-corrected chi connectivity index (χ3v) is 6.00. The largest absolute Gasteiger partial charge is 0.419 e. The molecule has 2 aromatic heterocycles. The number of benzene rings is 1. The molecule has 130 valence electrons. The van der Waals surface area contributed by atoms with E-state index in [9.17, 15) is 9.59 Å². The Labute approximate surface area is 151 Å². The van der Waals surface area contributed by atoms with Crippen LogP contribution in [0.25, 0.3) is 11.1 Å².